The minimum atomic E-state index is -5.20. The van der Waals surface area contributed by atoms with Crippen LogP contribution in [0.4, 0.5) is 18.9 Å². The summed E-state index contributed by atoms with van der Waals surface area (Å²) in [5.74, 6) is -2.79. The molecule has 1 aromatic carbocycles. The van der Waals surface area contributed by atoms with Gasteiger partial charge >= 0.3 is 12.1 Å². The van der Waals surface area contributed by atoms with Crippen LogP contribution in [0.25, 0.3) is 0 Å². The van der Waals surface area contributed by atoms with Gasteiger partial charge in [0.25, 0.3) is 0 Å². The fraction of sp³-hybridized carbons (Fsp3) is 0.409. The molecule has 1 unspecified atom stereocenters. The molecule has 1 aliphatic rings. The van der Waals surface area contributed by atoms with Gasteiger partial charge in [0.2, 0.25) is 5.91 Å². The normalized spacial score (nSPS) is 15.7. The number of pyridine rings is 1. The van der Waals surface area contributed by atoms with Crippen LogP contribution >= 0.6 is 0 Å². The van der Waals surface area contributed by atoms with Crippen molar-refractivity contribution in [2.24, 2.45) is 0 Å². The summed E-state index contributed by atoms with van der Waals surface area (Å²) >= 11 is 0. The van der Waals surface area contributed by atoms with E-state index in [0.29, 0.717) is 4.90 Å². The van der Waals surface area contributed by atoms with Gasteiger partial charge in [-0.1, -0.05) is 31.4 Å². The van der Waals surface area contributed by atoms with E-state index in [9.17, 15) is 22.8 Å². The summed E-state index contributed by atoms with van der Waals surface area (Å²) in [4.78, 5) is 30.3. The molecule has 1 heterocycles. The smallest absolute Gasteiger partial charge is 0.471 e. The van der Waals surface area contributed by atoms with Gasteiger partial charge in [-0.2, -0.15) is 13.2 Å². The van der Waals surface area contributed by atoms with Gasteiger partial charge in [-0.25, -0.2) is 0 Å². The first-order chi connectivity index (χ1) is 14.8. The third-order valence-corrected chi connectivity index (χ3v) is 5.29. The van der Waals surface area contributed by atoms with E-state index >= 15 is 0 Å². The maximum atomic E-state index is 13.6. The number of rotatable bonds is 6. The van der Waals surface area contributed by atoms with Crippen LogP contribution in [0.2, 0.25) is 0 Å². The Labute approximate surface area is 178 Å². The van der Waals surface area contributed by atoms with Crippen molar-refractivity contribution in [2.75, 3.05) is 12.0 Å². The molecule has 1 saturated carbocycles. The molecule has 2 amide bonds. The topological polar surface area (TPSA) is 71.5 Å². The molecule has 1 fully saturated rings. The Bertz CT molecular complexity index is 900. The molecule has 2 aromatic rings. The van der Waals surface area contributed by atoms with Crippen LogP contribution in [0.1, 0.15) is 43.7 Å². The average Bonchev–Trinajstić information content (AvgIpc) is 2.77. The predicted octanol–water partition coefficient (Wildman–Crippen LogP) is 4.18. The first-order valence-electron chi connectivity index (χ1n) is 10.1. The number of aromatic nitrogens is 1. The Morgan fingerprint density at radius 3 is 2.35 bits per heavy atom. The van der Waals surface area contributed by atoms with Crippen molar-refractivity contribution in [1.82, 2.24) is 10.3 Å². The fourth-order valence-electron chi connectivity index (χ4n) is 3.82. The largest absolute Gasteiger partial charge is 0.495 e. The number of hydrogen-bond donors (Lipinski definition) is 1. The minimum Gasteiger partial charge on any atom is -0.495 e. The Hall–Kier alpha value is -3.10. The molecule has 1 aromatic heterocycles. The number of para-hydroxylation sites is 2. The molecule has 0 spiro atoms. The third kappa shape index (κ3) is 5.34. The van der Waals surface area contributed by atoms with Gasteiger partial charge in [-0.3, -0.25) is 19.5 Å². The third-order valence-electron chi connectivity index (χ3n) is 5.29. The lowest BCUT2D eigenvalue weighted by Gasteiger charge is -2.34. The number of carbonyl (C=O) groups is 2. The van der Waals surface area contributed by atoms with Gasteiger partial charge in [0, 0.05) is 18.4 Å². The van der Waals surface area contributed by atoms with E-state index in [1.807, 2.05) is 0 Å². The Morgan fingerprint density at radius 2 is 1.74 bits per heavy atom. The number of ether oxygens (including phenoxy) is 1. The zero-order valence-corrected chi connectivity index (χ0v) is 17.1. The molecule has 1 atom stereocenters. The highest BCUT2D eigenvalue weighted by molar-refractivity contribution is 6.04. The maximum Gasteiger partial charge on any atom is 0.471 e. The van der Waals surface area contributed by atoms with Crippen LogP contribution in [0.3, 0.4) is 0 Å². The summed E-state index contributed by atoms with van der Waals surface area (Å²) in [7, 11) is 1.29. The highest BCUT2D eigenvalue weighted by Gasteiger charge is 2.48. The zero-order chi connectivity index (χ0) is 22.4. The monoisotopic (exact) mass is 435 g/mol. The van der Waals surface area contributed by atoms with E-state index in [4.69, 9.17) is 4.74 Å². The number of amides is 2. The number of halogens is 3. The van der Waals surface area contributed by atoms with E-state index < -0.39 is 24.0 Å². The van der Waals surface area contributed by atoms with Crippen LogP contribution in [-0.2, 0) is 9.59 Å². The van der Waals surface area contributed by atoms with E-state index in [0.717, 1.165) is 32.1 Å². The average molecular weight is 435 g/mol. The first-order valence-corrected chi connectivity index (χ1v) is 10.1. The minimum absolute atomic E-state index is 0.0459. The SMILES string of the molecule is COc1ccccc1N(C(=O)C(F)(F)F)C(C(=O)NC1CCCCC1)c1ccncc1. The van der Waals surface area contributed by atoms with E-state index in [1.165, 1.54) is 49.8 Å². The van der Waals surface area contributed by atoms with Gasteiger partial charge < -0.3 is 10.1 Å². The van der Waals surface area contributed by atoms with Crippen molar-refractivity contribution in [2.45, 2.75) is 50.4 Å². The molecular formula is C22H24F3N3O3. The summed E-state index contributed by atoms with van der Waals surface area (Å²) in [6.45, 7) is 0. The van der Waals surface area contributed by atoms with E-state index in [2.05, 4.69) is 10.3 Å². The lowest BCUT2D eigenvalue weighted by molar-refractivity contribution is -0.171. The lowest BCUT2D eigenvalue weighted by atomic mass is 9.94. The molecule has 1 N–H and O–H groups in total. The van der Waals surface area contributed by atoms with E-state index in [1.54, 1.807) is 6.07 Å². The number of alkyl halides is 3. The standard InChI is InChI=1S/C22H24F3N3O3/c1-31-18-10-6-5-9-17(18)28(21(30)22(23,24)25)19(15-11-13-26-14-12-15)20(29)27-16-7-3-2-4-8-16/h5-6,9-14,16,19H,2-4,7-8H2,1H3,(H,27,29). The second-order valence-electron chi connectivity index (χ2n) is 7.37. The number of hydrogen-bond acceptors (Lipinski definition) is 4. The quantitative estimate of drug-likeness (QED) is 0.739. The lowest BCUT2D eigenvalue weighted by Crippen LogP contribution is -2.50. The maximum absolute atomic E-state index is 13.6. The Kier molecular flexibility index (Phi) is 7.14. The van der Waals surface area contributed by atoms with Crippen LogP contribution in [0.5, 0.6) is 5.75 Å². The van der Waals surface area contributed by atoms with Gasteiger partial charge in [0.1, 0.15) is 11.8 Å². The van der Waals surface area contributed by atoms with Crippen molar-refractivity contribution >= 4 is 17.5 Å². The molecule has 0 aliphatic heterocycles. The number of nitrogens with one attached hydrogen (secondary N) is 1. The number of carbonyl (C=O) groups excluding carboxylic acids is 2. The summed E-state index contributed by atoms with van der Waals surface area (Å²) in [5.41, 5.74) is 0.0692. The number of anilines is 1. The van der Waals surface area contributed by atoms with Crippen molar-refractivity contribution in [3.8, 4) is 5.75 Å². The second-order valence-corrected chi connectivity index (χ2v) is 7.37. The molecule has 3 rings (SSSR count). The Morgan fingerprint density at radius 1 is 1.10 bits per heavy atom. The van der Waals surface area contributed by atoms with Gasteiger partial charge in [0.15, 0.2) is 0 Å². The molecular weight excluding hydrogens is 411 g/mol. The Balaban J connectivity index is 2.10. The molecule has 0 saturated heterocycles. The number of benzene rings is 1. The number of methoxy groups -OCH3 is 1. The molecule has 0 bridgehead atoms. The summed E-state index contributed by atoms with van der Waals surface area (Å²) in [5, 5.41) is 2.85. The highest BCUT2D eigenvalue weighted by Crippen LogP contribution is 2.38. The van der Waals surface area contributed by atoms with Gasteiger partial charge in [-0.15, -0.1) is 0 Å². The molecule has 166 valence electrons. The van der Waals surface area contributed by atoms with Crippen LogP contribution in [-0.4, -0.2) is 36.1 Å². The molecule has 1 aliphatic carbocycles. The molecule has 31 heavy (non-hydrogen) atoms. The van der Waals surface area contributed by atoms with Crippen LogP contribution < -0.4 is 15.0 Å². The second kappa shape index (κ2) is 9.80. The highest BCUT2D eigenvalue weighted by atomic mass is 19.4. The summed E-state index contributed by atoms with van der Waals surface area (Å²) in [6, 6.07) is 6.98. The number of nitrogens with zero attached hydrogens (tertiary/aromatic N) is 2. The molecule has 9 heteroatoms. The van der Waals surface area contributed by atoms with Gasteiger partial charge in [-0.05, 0) is 42.7 Å². The van der Waals surface area contributed by atoms with Crippen LogP contribution in [0, 0.1) is 0 Å². The summed E-state index contributed by atoms with van der Waals surface area (Å²) < 4.78 is 46.1. The fourth-order valence-corrected chi connectivity index (χ4v) is 3.82. The molecule has 6 nitrogen and oxygen atoms in total. The van der Waals surface area contributed by atoms with Crippen molar-refractivity contribution in [1.29, 1.82) is 0 Å². The van der Waals surface area contributed by atoms with Crippen molar-refractivity contribution in [3.63, 3.8) is 0 Å². The van der Waals surface area contributed by atoms with Gasteiger partial charge in [0.05, 0.1) is 12.8 Å². The van der Waals surface area contributed by atoms with E-state index in [-0.39, 0.29) is 23.0 Å². The zero-order valence-electron chi connectivity index (χ0n) is 17.1. The predicted molar refractivity (Wildman–Crippen MR) is 109 cm³/mol. The summed E-state index contributed by atoms with van der Waals surface area (Å²) in [6.07, 6.45) is 1.96. The molecule has 0 radical (unpaired) electrons. The van der Waals surface area contributed by atoms with Crippen LogP contribution in [0.15, 0.2) is 48.8 Å². The van der Waals surface area contributed by atoms with Crippen molar-refractivity contribution in [3.05, 3.63) is 54.4 Å². The first kappa shape index (κ1) is 22.6. The van der Waals surface area contributed by atoms with Crippen molar-refractivity contribution < 1.29 is 27.5 Å².